The highest BCUT2D eigenvalue weighted by Crippen LogP contribution is 2.57. The van der Waals surface area contributed by atoms with Crippen molar-refractivity contribution in [3.63, 3.8) is 0 Å². The van der Waals surface area contributed by atoms with Crippen LogP contribution in [0.2, 0.25) is 0 Å². The van der Waals surface area contributed by atoms with Gasteiger partial charge in [-0.2, -0.15) is 0 Å². The van der Waals surface area contributed by atoms with Crippen molar-refractivity contribution in [2.24, 2.45) is 0 Å². The molecule has 0 atom stereocenters. The maximum Gasteiger partial charge on any atom is 0.301 e. The third kappa shape index (κ3) is 94.5. The van der Waals surface area contributed by atoms with Crippen LogP contribution in [0.5, 0.6) is 0 Å². The van der Waals surface area contributed by atoms with Crippen LogP contribution in [-0.2, 0) is 0 Å². The second-order valence-corrected chi connectivity index (χ2v) is 59.4. The van der Waals surface area contributed by atoms with E-state index in [1.165, 1.54) is 154 Å². The predicted octanol–water partition coefficient (Wildman–Crippen LogP) is 20.3. The van der Waals surface area contributed by atoms with Crippen molar-refractivity contribution < 1.29 is 43.1 Å². The number of rotatable bonds is 78. The smallest absolute Gasteiger partial charge is 0.301 e. The Bertz CT molecular complexity index is 2040. The van der Waals surface area contributed by atoms with Crippen molar-refractivity contribution in [1.82, 2.24) is 120 Å². The van der Waals surface area contributed by atoms with E-state index in [0.717, 1.165) is 78.5 Å². The highest BCUT2D eigenvalue weighted by atomic mass is 31.2. The van der Waals surface area contributed by atoms with Crippen molar-refractivity contribution in [2.45, 2.75) is 595 Å². The molecule has 0 aliphatic heterocycles. The van der Waals surface area contributed by atoms with E-state index in [2.05, 4.69) is 452 Å². The van der Waals surface area contributed by atoms with Crippen molar-refractivity contribution in [3.05, 3.63) is 0 Å². The number of halogens is 3. The van der Waals surface area contributed by atoms with Gasteiger partial charge < -0.3 is 43.1 Å². The first-order valence-corrected chi connectivity index (χ1v) is 68.0. The van der Waals surface area contributed by atoms with Crippen molar-refractivity contribution in [1.29, 1.82) is 0 Å². The van der Waals surface area contributed by atoms with Gasteiger partial charge in [0.05, 0.1) is 0 Å². The first-order chi connectivity index (χ1) is 66.8. The first-order valence-electron chi connectivity index (χ1n) is 57.6. The standard InChI is InChI=1S/6C17H42N4P.3BFO2/c6*1-9-11-13-21(14-12-10-2)22(18-15(3)4,19-16(5)6)20-17(7)8;3*2-1(3)4/h6*15-20H,9-14H2,1-8H3;;;/q6*+1;3*-2. The minimum absolute atomic E-state index is 0.455. The number of hydrogen-bond acceptors (Lipinski definition) is 30. The van der Waals surface area contributed by atoms with Gasteiger partial charge in [-0.1, -0.05) is 160 Å². The molecular formula is C102H252B3F3N24O6P6. The van der Waals surface area contributed by atoms with Gasteiger partial charge in [-0.05, 0) is 326 Å². The quantitative estimate of drug-likeness (QED) is 0.0199. The zero-order valence-corrected chi connectivity index (χ0v) is 109. The number of nitrogens with one attached hydrogen (secondary N) is 18. The van der Waals surface area contributed by atoms with Gasteiger partial charge in [0.25, 0.3) is 0 Å². The zero-order valence-electron chi connectivity index (χ0n) is 104. The summed E-state index contributed by atoms with van der Waals surface area (Å²) in [6.45, 7) is 122. The lowest BCUT2D eigenvalue weighted by atomic mass is 10.3. The Labute approximate surface area is 900 Å². The Hall–Kier alpha value is 1.36. The Morgan fingerprint density at radius 1 is 0.146 bits per heavy atom. The lowest BCUT2D eigenvalue weighted by Gasteiger charge is -2.39. The van der Waals surface area contributed by atoms with E-state index < -0.39 is 69.4 Å². The van der Waals surface area contributed by atoms with Gasteiger partial charge in [0.2, 0.25) is 0 Å². The van der Waals surface area contributed by atoms with Crippen LogP contribution in [-0.4, -0.2) is 237 Å². The fraction of sp³-hybridized carbons (Fsp3) is 1.00. The average molecular weight is 2190 g/mol. The van der Waals surface area contributed by atoms with Crippen molar-refractivity contribution in [2.75, 3.05) is 78.5 Å². The molecule has 30 nitrogen and oxygen atoms in total. The fourth-order valence-corrected chi connectivity index (χ4v) is 38.5. The first kappa shape index (κ1) is 163. The van der Waals surface area contributed by atoms with Crippen LogP contribution >= 0.6 is 47.2 Å². The number of nitrogens with zero attached hydrogens (tertiary/aromatic N) is 6. The van der Waals surface area contributed by atoms with Crippen LogP contribution in [0, 0.1) is 0 Å². The molecule has 42 heteroatoms. The largest absolute Gasteiger partial charge is 0.867 e. The Balaban J connectivity index is -0.000000212. The van der Waals surface area contributed by atoms with Crippen LogP contribution in [0.1, 0.15) is 486 Å². The summed E-state index contributed by atoms with van der Waals surface area (Å²) in [4.78, 5) is 0. The summed E-state index contributed by atoms with van der Waals surface area (Å²) in [7, 11) is -20.0. The molecular weight excluding hydrogens is 1930 g/mol. The highest BCUT2D eigenvalue weighted by Gasteiger charge is 2.54. The highest BCUT2D eigenvalue weighted by molar-refractivity contribution is 7.69. The Morgan fingerprint density at radius 2 is 0.194 bits per heavy atom. The van der Waals surface area contributed by atoms with Crippen LogP contribution in [0.3, 0.4) is 0 Å². The van der Waals surface area contributed by atoms with Gasteiger partial charge in [-0.15, -0.1) is 120 Å². The summed E-state index contributed by atoms with van der Waals surface area (Å²) in [6, 6.07) is 8.19. The summed E-state index contributed by atoms with van der Waals surface area (Å²) in [5.41, 5.74) is 0. The maximum atomic E-state index is 9.89. The van der Waals surface area contributed by atoms with E-state index in [0.29, 0.717) is 109 Å². The van der Waals surface area contributed by atoms with Gasteiger partial charge in [0.1, 0.15) is 22.2 Å². The van der Waals surface area contributed by atoms with Crippen LogP contribution in [0.15, 0.2) is 0 Å². The third-order valence-electron chi connectivity index (χ3n) is 19.8. The molecule has 0 bridgehead atoms. The molecule has 0 saturated heterocycles. The monoisotopic (exact) mass is 2190 g/mol. The molecule has 0 heterocycles. The van der Waals surface area contributed by atoms with Gasteiger partial charge in [-0.3, -0.25) is 0 Å². The van der Waals surface area contributed by atoms with Crippen molar-refractivity contribution in [3.8, 4) is 0 Å². The third-order valence-corrected chi connectivity index (χ3v) is 43.3. The summed E-state index contributed by atoms with van der Waals surface area (Å²) < 4.78 is 45.8. The molecule has 144 heavy (non-hydrogen) atoms. The summed E-state index contributed by atoms with van der Waals surface area (Å²) in [5, 5.41) is 120. The molecule has 0 unspecified atom stereocenters. The Morgan fingerprint density at radius 3 is 0.229 bits per heavy atom. The second-order valence-electron chi connectivity index (χ2n) is 43.7. The van der Waals surface area contributed by atoms with E-state index in [4.69, 9.17) is 30.1 Å². The lowest BCUT2D eigenvalue weighted by molar-refractivity contribution is -0.368. The van der Waals surface area contributed by atoms with Gasteiger partial charge in [0.15, 0.2) is 0 Å². The molecule has 0 fully saturated rings. The van der Waals surface area contributed by atoms with E-state index >= 15 is 0 Å². The molecule has 0 aromatic heterocycles. The molecule has 0 aromatic rings. The lowest BCUT2D eigenvalue weighted by Crippen LogP contribution is -2.53. The molecule has 18 N–H and O–H groups in total. The zero-order chi connectivity index (χ0) is 114. The van der Waals surface area contributed by atoms with Crippen molar-refractivity contribution >= 4 is 69.4 Å². The molecule has 0 aromatic carbocycles. The predicted molar refractivity (Wildman–Crippen MR) is 639 cm³/mol. The molecule has 0 aliphatic rings. The SMILES string of the molecule is CCCCN(CCCC)[P+](NC(C)C)(NC(C)C)NC(C)C.CCCCN(CCCC)[P+](NC(C)C)(NC(C)C)NC(C)C.CCCCN(CCCC)[P+](NC(C)C)(NC(C)C)NC(C)C.CCCCN(CCCC)[P+](NC(C)C)(NC(C)C)NC(C)C.CCCCN(CCCC)[P+](NC(C)C)(NC(C)C)NC(C)C.CCCCN(CCCC)[P+](NC(C)C)(NC(C)C)NC(C)C.[O-]B([O-])F.[O-]B([O-])F.[O-]B([O-])F. The summed E-state index contributed by atoms with van der Waals surface area (Å²) in [5.74, 6) is 0. The van der Waals surface area contributed by atoms with E-state index in [1.54, 1.807) is 0 Å². The molecule has 876 valence electrons. The van der Waals surface area contributed by atoms with E-state index in [-0.39, 0.29) is 0 Å². The normalized spacial score (nSPS) is 12.6. The van der Waals surface area contributed by atoms with Crippen LogP contribution < -0.4 is 122 Å². The molecule has 0 spiro atoms. The molecule has 0 rings (SSSR count). The summed E-state index contributed by atoms with van der Waals surface area (Å²) in [6.07, 6.45) is 30.0. The van der Waals surface area contributed by atoms with Gasteiger partial charge in [-0.25, -0.2) is 0 Å². The van der Waals surface area contributed by atoms with Gasteiger partial charge >= 0.3 is 47.2 Å². The second kappa shape index (κ2) is 99.9. The number of hydrogen-bond donors (Lipinski definition) is 18. The van der Waals surface area contributed by atoms with E-state index in [1.807, 2.05) is 0 Å². The van der Waals surface area contributed by atoms with E-state index in [9.17, 15) is 12.9 Å². The van der Waals surface area contributed by atoms with Gasteiger partial charge in [0, 0.05) is 187 Å². The van der Waals surface area contributed by atoms with Crippen LogP contribution in [0.4, 0.5) is 12.9 Å². The minimum Gasteiger partial charge on any atom is -0.867 e. The molecule has 0 aliphatic carbocycles. The average Bonchev–Trinajstić information content (AvgIpc) is 0.840. The maximum absolute atomic E-state index is 9.89. The van der Waals surface area contributed by atoms with Crippen LogP contribution in [0.25, 0.3) is 0 Å². The number of unbranched alkanes of at least 4 members (excludes halogenated alkanes) is 12. The topological polar surface area (TPSA) is 374 Å². The Kier molecular flexibility index (Phi) is 113. The minimum atomic E-state index is -3.17. The molecule has 0 radical (unpaired) electrons. The molecule has 0 saturated carbocycles. The summed E-state index contributed by atoms with van der Waals surface area (Å²) >= 11 is 0. The molecule has 0 amide bonds. The fourth-order valence-electron chi connectivity index (χ4n) is 15.4.